The van der Waals surface area contributed by atoms with E-state index >= 15 is 0 Å². The summed E-state index contributed by atoms with van der Waals surface area (Å²) in [6.45, 7) is 0. The minimum atomic E-state index is 0.180. The molecule has 1 aromatic heterocycles. The molecule has 1 heterocycles. The van der Waals surface area contributed by atoms with Crippen LogP contribution in [0.4, 0.5) is 0 Å². The molecule has 1 fully saturated rings. The Morgan fingerprint density at radius 3 is 2.92 bits per heavy atom. The van der Waals surface area contributed by atoms with Gasteiger partial charge in [-0.05, 0) is 25.0 Å². The number of aldehydes is 1. The lowest BCUT2D eigenvalue weighted by Crippen LogP contribution is -2.18. The number of furan rings is 1. The fourth-order valence-electron chi connectivity index (χ4n) is 2.18. The molecule has 2 unspecified atom stereocenters. The maximum atomic E-state index is 10.8. The van der Waals surface area contributed by atoms with Crippen LogP contribution in [0.5, 0.6) is 0 Å². The molecule has 1 aromatic rings. The molecule has 0 amide bonds. The van der Waals surface area contributed by atoms with E-state index in [1.165, 1.54) is 12.8 Å². The number of carbonyl (C=O) groups excluding carboxylic acids is 1. The summed E-state index contributed by atoms with van der Waals surface area (Å²) in [7, 11) is 0. The molecule has 0 bridgehead atoms. The van der Waals surface area contributed by atoms with Gasteiger partial charge < -0.3 is 9.21 Å². The van der Waals surface area contributed by atoms with E-state index in [9.17, 15) is 4.79 Å². The Hall–Kier alpha value is -1.05. The Morgan fingerprint density at radius 2 is 2.23 bits per heavy atom. The van der Waals surface area contributed by atoms with E-state index in [4.69, 9.17) is 4.42 Å². The second-order valence-electron chi connectivity index (χ2n) is 3.71. The van der Waals surface area contributed by atoms with Crippen LogP contribution in [0, 0.1) is 5.92 Å². The van der Waals surface area contributed by atoms with Crippen LogP contribution in [0.25, 0.3) is 0 Å². The van der Waals surface area contributed by atoms with Gasteiger partial charge in [-0.1, -0.05) is 12.8 Å². The third-order valence-corrected chi connectivity index (χ3v) is 2.90. The van der Waals surface area contributed by atoms with Crippen molar-refractivity contribution in [3.05, 3.63) is 24.2 Å². The minimum absolute atomic E-state index is 0.180. The highest BCUT2D eigenvalue weighted by atomic mass is 16.3. The Balaban J connectivity index is 2.15. The molecule has 0 spiro atoms. The second kappa shape index (κ2) is 3.77. The summed E-state index contributed by atoms with van der Waals surface area (Å²) in [4.78, 5) is 10.8. The Labute approximate surface area is 77.9 Å². The fourth-order valence-corrected chi connectivity index (χ4v) is 2.18. The zero-order valence-corrected chi connectivity index (χ0v) is 7.61. The van der Waals surface area contributed by atoms with Gasteiger partial charge in [0.1, 0.15) is 12.0 Å². The molecule has 1 aliphatic carbocycles. The quantitative estimate of drug-likeness (QED) is 0.652. The first-order valence-corrected chi connectivity index (χ1v) is 4.90. The van der Waals surface area contributed by atoms with Crippen LogP contribution in [0.3, 0.4) is 0 Å². The molecule has 2 rings (SSSR count). The van der Waals surface area contributed by atoms with Gasteiger partial charge in [-0.2, -0.15) is 0 Å². The summed E-state index contributed by atoms with van der Waals surface area (Å²) in [5, 5.41) is 0. The van der Waals surface area contributed by atoms with Crippen molar-refractivity contribution >= 4 is 6.29 Å². The highest BCUT2D eigenvalue weighted by Crippen LogP contribution is 2.36. The summed E-state index contributed by atoms with van der Waals surface area (Å²) in [6, 6.07) is 3.87. The Kier molecular flexibility index (Phi) is 2.48. The Morgan fingerprint density at radius 1 is 1.38 bits per heavy atom. The van der Waals surface area contributed by atoms with Crippen molar-refractivity contribution in [1.82, 2.24) is 0 Å². The van der Waals surface area contributed by atoms with E-state index < -0.39 is 0 Å². The van der Waals surface area contributed by atoms with Crippen LogP contribution in [0.15, 0.2) is 22.8 Å². The van der Waals surface area contributed by atoms with E-state index in [1.807, 2.05) is 12.1 Å². The molecule has 0 aliphatic heterocycles. The normalized spacial score (nSPS) is 28.6. The largest absolute Gasteiger partial charge is 0.469 e. The third kappa shape index (κ3) is 1.67. The smallest absolute Gasteiger partial charge is 0.123 e. The number of hydrogen-bond acceptors (Lipinski definition) is 2. The van der Waals surface area contributed by atoms with Crippen LogP contribution < -0.4 is 0 Å². The summed E-state index contributed by atoms with van der Waals surface area (Å²) < 4.78 is 5.35. The number of carbonyl (C=O) groups is 1. The van der Waals surface area contributed by atoms with Gasteiger partial charge in [0.05, 0.1) is 6.26 Å². The summed E-state index contributed by atoms with van der Waals surface area (Å²) in [5.41, 5.74) is 0. The predicted octanol–water partition coefficient (Wildman–Crippen LogP) is 2.75. The lowest BCUT2D eigenvalue weighted by molar-refractivity contribution is -0.112. The van der Waals surface area contributed by atoms with Gasteiger partial charge in [-0.25, -0.2) is 0 Å². The molecule has 0 N–H and O–H groups in total. The molecule has 13 heavy (non-hydrogen) atoms. The summed E-state index contributed by atoms with van der Waals surface area (Å²) in [5.74, 6) is 1.50. The van der Waals surface area contributed by atoms with Gasteiger partial charge in [0.15, 0.2) is 0 Å². The maximum absolute atomic E-state index is 10.8. The van der Waals surface area contributed by atoms with Crippen molar-refractivity contribution in [2.24, 2.45) is 5.92 Å². The van der Waals surface area contributed by atoms with Crippen molar-refractivity contribution in [3.8, 4) is 0 Å². The first kappa shape index (κ1) is 8.54. The van der Waals surface area contributed by atoms with Gasteiger partial charge >= 0.3 is 0 Å². The molecule has 1 saturated carbocycles. The third-order valence-electron chi connectivity index (χ3n) is 2.90. The second-order valence-corrected chi connectivity index (χ2v) is 3.71. The first-order chi connectivity index (χ1) is 6.42. The number of rotatable bonds is 2. The minimum Gasteiger partial charge on any atom is -0.469 e. The fraction of sp³-hybridized carbons (Fsp3) is 0.545. The van der Waals surface area contributed by atoms with Crippen molar-refractivity contribution in [1.29, 1.82) is 0 Å². The van der Waals surface area contributed by atoms with Crippen LogP contribution in [-0.2, 0) is 4.79 Å². The van der Waals surface area contributed by atoms with E-state index in [1.54, 1.807) is 6.26 Å². The molecule has 70 valence electrons. The Bertz CT molecular complexity index is 264. The van der Waals surface area contributed by atoms with Crippen LogP contribution >= 0.6 is 0 Å². The van der Waals surface area contributed by atoms with Crippen LogP contribution in [0.1, 0.15) is 37.4 Å². The van der Waals surface area contributed by atoms with Crippen molar-refractivity contribution < 1.29 is 9.21 Å². The van der Waals surface area contributed by atoms with Gasteiger partial charge in [-0.3, -0.25) is 0 Å². The topological polar surface area (TPSA) is 30.2 Å². The highest BCUT2D eigenvalue weighted by molar-refractivity contribution is 5.55. The lowest BCUT2D eigenvalue weighted by atomic mass is 9.79. The standard InChI is InChI=1S/C11H14O2/c12-8-9-4-1-2-5-10(9)11-6-3-7-13-11/h3,6-10H,1-2,4-5H2. The van der Waals surface area contributed by atoms with Crippen LogP contribution in [-0.4, -0.2) is 6.29 Å². The zero-order valence-electron chi connectivity index (χ0n) is 7.61. The molecule has 1 aliphatic rings. The van der Waals surface area contributed by atoms with Gasteiger partial charge in [0.2, 0.25) is 0 Å². The lowest BCUT2D eigenvalue weighted by Gasteiger charge is -2.25. The summed E-state index contributed by atoms with van der Waals surface area (Å²) in [6.07, 6.45) is 7.29. The van der Waals surface area contributed by atoms with Crippen LogP contribution in [0.2, 0.25) is 0 Å². The van der Waals surface area contributed by atoms with Gasteiger partial charge in [0.25, 0.3) is 0 Å². The monoisotopic (exact) mass is 178 g/mol. The molecule has 2 heteroatoms. The molecule has 2 nitrogen and oxygen atoms in total. The average molecular weight is 178 g/mol. The first-order valence-electron chi connectivity index (χ1n) is 4.90. The summed E-state index contributed by atoms with van der Waals surface area (Å²) >= 11 is 0. The predicted molar refractivity (Wildman–Crippen MR) is 49.5 cm³/mol. The molecule has 0 saturated heterocycles. The molecule has 0 radical (unpaired) electrons. The maximum Gasteiger partial charge on any atom is 0.123 e. The average Bonchev–Trinajstić information content (AvgIpc) is 2.70. The van der Waals surface area contributed by atoms with Gasteiger partial charge in [-0.15, -0.1) is 0 Å². The molecule has 2 atom stereocenters. The SMILES string of the molecule is O=CC1CCCCC1c1ccco1. The molecule has 0 aromatic carbocycles. The number of hydrogen-bond donors (Lipinski definition) is 0. The zero-order chi connectivity index (χ0) is 9.10. The van der Waals surface area contributed by atoms with E-state index in [-0.39, 0.29) is 5.92 Å². The molecular formula is C11H14O2. The van der Waals surface area contributed by atoms with E-state index in [0.717, 1.165) is 24.9 Å². The van der Waals surface area contributed by atoms with Crippen molar-refractivity contribution in [2.75, 3.05) is 0 Å². The van der Waals surface area contributed by atoms with E-state index in [2.05, 4.69) is 0 Å². The van der Waals surface area contributed by atoms with Gasteiger partial charge in [0, 0.05) is 11.8 Å². The highest BCUT2D eigenvalue weighted by Gasteiger charge is 2.27. The van der Waals surface area contributed by atoms with Crippen molar-refractivity contribution in [2.45, 2.75) is 31.6 Å². The molecular weight excluding hydrogens is 164 g/mol. The van der Waals surface area contributed by atoms with E-state index in [0.29, 0.717) is 5.92 Å². The van der Waals surface area contributed by atoms with Crippen molar-refractivity contribution in [3.63, 3.8) is 0 Å².